The smallest absolute Gasteiger partial charge is 0.123 e. The first-order valence-electron chi connectivity index (χ1n) is 5.73. The van der Waals surface area contributed by atoms with Gasteiger partial charge in [-0.15, -0.1) is 0 Å². The normalized spacial score (nSPS) is 11.8. The summed E-state index contributed by atoms with van der Waals surface area (Å²) >= 11 is 0. The van der Waals surface area contributed by atoms with Gasteiger partial charge in [0.2, 0.25) is 0 Å². The highest BCUT2D eigenvalue weighted by Gasteiger charge is 2.20. The average Bonchev–Trinajstić information content (AvgIpc) is 2.24. The molecule has 0 bridgehead atoms. The third kappa shape index (κ3) is 3.91. The molecule has 1 aromatic carbocycles. The van der Waals surface area contributed by atoms with E-state index in [9.17, 15) is 4.39 Å². The number of benzene rings is 1. The Kier molecular flexibility index (Phi) is 4.90. The summed E-state index contributed by atoms with van der Waals surface area (Å²) in [5.41, 5.74) is 6.38. The van der Waals surface area contributed by atoms with Crippen LogP contribution >= 0.6 is 0 Å². The van der Waals surface area contributed by atoms with Gasteiger partial charge < -0.3 is 11.1 Å². The van der Waals surface area contributed by atoms with E-state index in [0.29, 0.717) is 6.54 Å². The summed E-state index contributed by atoms with van der Waals surface area (Å²) in [6, 6.07) is 6.80. The Bertz CT molecular complexity index is 323. The molecular formula is C13H21FN2. The van der Waals surface area contributed by atoms with Crippen molar-refractivity contribution in [2.75, 3.05) is 19.6 Å². The maximum absolute atomic E-state index is 13.1. The summed E-state index contributed by atoms with van der Waals surface area (Å²) in [7, 11) is 0. The zero-order valence-corrected chi connectivity index (χ0v) is 10.1. The Morgan fingerprint density at radius 3 is 2.75 bits per heavy atom. The molecule has 0 atom stereocenters. The van der Waals surface area contributed by atoms with Crippen LogP contribution in [-0.2, 0) is 5.41 Å². The predicted octanol–water partition coefficient (Wildman–Crippen LogP) is 2.04. The summed E-state index contributed by atoms with van der Waals surface area (Å²) in [4.78, 5) is 0. The van der Waals surface area contributed by atoms with Crippen LogP contribution in [0.15, 0.2) is 24.3 Å². The van der Waals surface area contributed by atoms with Crippen molar-refractivity contribution >= 4 is 0 Å². The van der Waals surface area contributed by atoms with E-state index in [1.165, 1.54) is 6.07 Å². The predicted molar refractivity (Wildman–Crippen MR) is 66.0 cm³/mol. The third-order valence-electron chi connectivity index (χ3n) is 2.73. The fourth-order valence-electron chi connectivity index (χ4n) is 1.64. The first-order valence-corrected chi connectivity index (χ1v) is 5.73. The van der Waals surface area contributed by atoms with E-state index in [0.717, 1.165) is 25.1 Å². The number of nitrogens with one attached hydrogen (secondary N) is 1. The lowest BCUT2D eigenvalue weighted by Crippen LogP contribution is -2.34. The first-order chi connectivity index (χ1) is 7.56. The highest BCUT2D eigenvalue weighted by molar-refractivity contribution is 5.24. The van der Waals surface area contributed by atoms with Crippen molar-refractivity contribution in [3.8, 4) is 0 Å². The molecular weight excluding hydrogens is 203 g/mol. The van der Waals surface area contributed by atoms with Crippen molar-refractivity contribution in [1.29, 1.82) is 0 Å². The molecule has 0 amide bonds. The fourth-order valence-corrected chi connectivity index (χ4v) is 1.64. The molecule has 0 unspecified atom stereocenters. The molecule has 0 fully saturated rings. The van der Waals surface area contributed by atoms with Gasteiger partial charge in [0.15, 0.2) is 0 Å². The van der Waals surface area contributed by atoms with E-state index in [1.54, 1.807) is 12.1 Å². The van der Waals surface area contributed by atoms with Crippen LogP contribution in [0.25, 0.3) is 0 Å². The molecule has 0 saturated carbocycles. The van der Waals surface area contributed by atoms with Gasteiger partial charge in [0, 0.05) is 12.0 Å². The molecule has 0 heterocycles. The molecule has 0 aliphatic carbocycles. The van der Waals surface area contributed by atoms with Gasteiger partial charge in [0.05, 0.1) is 0 Å². The van der Waals surface area contributed by atoms with Crippen LogP contribution in [-0.4, -0.2) is 19.6 Å². The maximum Gasteiger partial charge on any atom is 0.123 e. The van der Waals surface area contributed by atoms with E-state index >= 15 is 0 Å². The second-order valence-electron chi connectivity index (χ2n) is 4.71. The van der Waals surface area contributed by atoms with Crippen molar-refractivity contribution in [2.45, 2.75) is 25.7 Å². The summed E-state index contributed by atoms with van der Waals surface area (Å²) in [6.07, 6.45) is 0.971. The second-order valence-corrected chi connectivity index (χ2v) is 4.71. The van der Waals surface area contributed by atoms with Crippen LogP contribution in [0, 0.1) is 5.82 Å². The summed E-state index contributed by atoms with van der Waals surface area (Å²) in [5.74, 6) is -0.174. The number of halogens is 1. The number of hydrogen-bond donors (Lipinski definition) is 2. The van der Waals surface area contributed by atoms with Crippen LogP contribution in [0.3, 0.4) is 0 Å². The average molecular weight is 224 g/mol. The molecule has 90 valence electrons. The van der Waals surface area contributed by atoms with Crippen molar-refractivity contribution in [1.82, 2.24) is 5.32 Å². The highest BCUT2D eigenvalue weighted by atomic mass is 19.1. The van der Waals surface area contributed by atoms with Gasteiger partial charge in [-0.1, -0.05) is 26.0 Å². The van der Waals surface area contributed by atoms with Gasteiger partial charge in [-0.3, -0.25) is 0 Å². The van der Waals surface area contributed by atoms with Gasteiger partial charge in [-0.05, 0) is 37.2 Å². The highest BCUT2D eigenvalue weighted by Crippen LogP contribution is 2.22. The van der Waals surface area contributed by atoms with Crippen LogP contribution in [0.2, 0.25) is 0 Å². The molecule has 0 aromatic heterocycles. The van der Waals surface area contributed by atoms with Gasteiger partial charge in [-0.2, -0.15) is 0 Å². The third-order valence-corrected chi connectivity index (χ3v) is 2.73. The molecule has 16 heavy (non-hydrogen) atoms. The minimum absolute atomic E-state index is 0.0588. The lowest BCUT2D eigenvalue weighted by atomic mass is 9.84. The minimum Gasteiger partial charge on any atom is -0.330 e. The number of rotatable bonds is 6. The lowest BCUT2D eigenvalue weighted by molar-refractivity contribution is 0.464. The first kappa shape index (κ1) is 13.1. The Labute approximate surface area is 97.0 Å². The Morgan fingerprint density at radius 2 is 2.12 bits per heavy atom. The Morgan fingerprint density at radius 1 is 1.38 bits per heavy atom. The Balaban J connectivity index is 2.55. The van der Waals surface area contributed by atoms with Crippen LogP contribution in [0.1, 0.15) is 25.8 Å². The molecule has 0 spiro atoms. The molecule has 3 N–H and O–H groups in total. The number of hydrogen-bond acceptors (Lipinski definition) is 2. The summed E-state index contributed by atoms with van der Waals surface area (Å²) < 4.78 is 13.1. The van der Waals surface area contributed by atoms with E-state index in [-0.39, 0.29) is 11.2 Å². The molecule has 1 aromatic rings. The minimum atomic E-state index is -0.174. The van der Waals surface area contributed by atoms with Gasteiger partial charge in [0.25, 0.3) is 0 Å². The summed E-state index contributed by atoms with van der Waals surface area (Å²) in [5, 5.41) is 3.34. The van der Waals surface area contributed by atoms with Crippen LogP contribution < -0.4 is 11.1 Å². The summed E-state index contributed by atoms with van der Waals surface area (Å²) in [6.45, 7) is 6.66. The molecule has 0 aliphatic heterocycles. The van der Waals surface area contributed by atoms with Crippen molar-refractivity contribution in [3.63, 3.8) is 0 Å². The topological polar surface area (TPSA) is 38.0 Å². The number of nitrogens with two attached hydrogens (primary N) is 1. The zero-order chi connectivity index (χ0) is 12.0. The quantitative estimate of drug-likeness (QED) is 0.726. The maximum atomic E-state index is 13.1. The molecule has 0 saturated heterocycles. The van der Waals surface area contributed by atoms with E-state index in [1.807, 2.05) is 6.07 Å². The second kappa shape index (κ2) is 5.97. The molecule has 1 rings (SSSR count). The largest absolute Gasteiger partial charge is 0.330 e. The van der Waals surface area contributed by atoms with E-state index in [2.05, 4.69) is 19.2 Å². The lowest BCUT2D eigenvalue weighted by Gasteiger charge is -2.25. The van der Waals surface area contributed by atoms with Gasteiger partial charge in [0.1, 0.15) is 5.82 Å². The van der Waals surface area contributed by atoms with Gasteiger partial charge in [-0.25, -0.2) is 4.39 Å². The molecule has 0 aliphatic rings. The van der Waals surface area contributed by atoms with Gasteiger partial charge >= 0.3 is 0 Å². The van der Waals surface area contributed by atoms with Crippen LogP contribution in [0.4, 0.5) is 4.39 Å². The molecule has 2 nitrogen and oxygen atoms in total. The van der Waals surface area contributed by atoms with E-state index in [4.69, 9.17) is 5.73 Å². The SMILES string of the molecule is CC(C)(CNCCCN)c1cccc(F)c1. The fraction of sp³-hybridized carbons (Fsp3) is 0.538. The molecule has 0 radical (unpaired) electrons. The standard InChI is InChI=1S/C13H21FN2/c1-13(2,10-16-8-4-7-15)11-5-3-6-12(14)9-11/h3,5-6,9,16H,4,7-8,10,15H2,1-2H3. The van der Waals surface area contributed by atoms with Crippen molar-refractivity contribution in [2.24, 2.45) is 5.73 Å². The van der Waals surface area contributed by atoms with Crippen molar-refractivity contribution in [3.05, 3.63) is 35.6 Å². The van der Waals surface area contributed by atoms with Crippen LogP contribution in [0.5, 0.6) is 0 Å². The molecule has 3 heteroatoms. The van der Waals surface area contributed by atoms with E-state index < -0.39 is 0 Å². The van der Waals surface area contributed by atoms with Crippen molar-refractivity contribution < 1.29 is 4.39 Å². The monoisotopic (exact) mass is 224 g/mol. The Hall–Kier alpha value is -0.930. The zero-order valence-electron chi connectivity index (χ0n) is 10.1.